The normalized spacial score (nSPS) is 21.0. The summed E-state index contributed by atoms with van der Waals surface area (Å²) in [5, 5.41) is 9.04. The number of amides is 1. The van der Waals surface area contributed by atoms with E-state index in [1.807, 2.05) is 0 Å². The Bertz CT molecular complexity index is 767. The molecule has 1 aromatic carbocycles. The van der Waals surface area contributed by atoms with E-state index in [9.17, 15) is 23.1 Å². The highest BCUT2D eigenvalue weighted by Crippen LogP contribution is 2.31. The molecular formula is C18H25NO6S. The lowest BCUT2D eigenvalue weighted by molar-refractivity contribution is -0.155. The van der Waals surface area contributed by atoms with Crippen LogP contribution in [0, 0.1) is 5.41 Å². The van der Waals surface area contributed by atoms with E-state index in [0.29, 0.717) is 24.9 Å². The number of hydrogen-bond acceptors (Lipinski definition) is 5. The average molecular weight is 383 g/mol. The zero-order valence-electron chi connectivity index (χ0n) is 15.3. The van der Waals surface area contributed by atoms with Crippen LogP contribution in [0.15, 0.2) is 29.2 Å². The molecule has 1 N–H and O–H groups in total. The Morgan fingerprint density at radius 3 is 2.38 bits per heavy atom. The van der Waals surface area contributed by atoms with Gasteiger partial charge in [0.25, 0.3) is 5.91 Å². The van der Waals surface area contributed by atoms with Gasteiger partial charge in [0.1, 0.15) is 5.41 Å². The van der Waals surface area contributed by atoms with Gasteiger partial charge in [-0.1, -0.05) is 0 Å². The summed E-state index contributed by atoms with van der Waals surface area (Å²) in [6.07, 6.45) is 1.02. The van der Waals surface area contributed by atoms with Gasteiger partial charge in [0.05, 0.1) is 16.8 Å². The van der Waals surface area contributed by atoms with Gasteiger partial charge in [0, 0.05) is 25.8 Å². The van der Waals surface area contributed by atoms with E-state index >= 15 is 0 Å². The minimum atomic E-state index is -3.40. The zero-order valence-corrected chi connectivity index (χ0v) is 16.1. The molecule has 1 atom stereocenters. The van der Waals surface area contributed by atoms with Gasteiger partial charge in [0.15, 0.2) is 9.84 Å². The van der Waals surface area contributed by atoms with Crippen molar-refractivity contribution in [1.29, 1.82) is 0 Å². The molecule has 1 aliphatic heterocycles. The fourth-order valence-electron chi connectivity index (χ4n) is 3.18. The van der Waals surface area contributed by atoms with Crippen molar-refractivity contribution >= 4 is 21.7 Å². The number of carboxylic acid groups (broad SMARTS) is 1. The largest absolute Gasteiger partial charge is 0.481 e. The molecule has 1 fully saturated rings. The third-order valence-corrected chi connectivity index (χ3v) is 6.96. The van der Waals surface area contributed by atoms with Crippen molar-refractivity contribution < 1.29 is 27.9 Å². The number of sulfone groups is 1. The van der Waals surface area contributed by atoms with E-state index in [1.165, 1.54) is 36.3 Å². The fraction of sp³-hybridized carbons (Fsp3) is 0.556. The van der Waals surface area contributed by atoms with E-state index in [2.05, 4.69) is 0 Å². The monoisotopic (exact) mass is 383 g/mol. The molecule has 1 aliphatic rings. The van der Waals surface area contributed by atoms with Crippen molar-refractivity contribution in [2.24, 2.45) is 5.41 Å². The summed E-state index contributed by atoms with van der Waals surface area (Å²) in [5.74, 6) is -1.28. The van der Waals surface area contributed by atoms with Crippen LogP contribution < -0.4 is 0 Å². The van der Waals surface area contributed by atoms with E-state index in [4.69, 9.17) is 4.74 Å². The van der Waals surface area contributed by atoms with Crippen LogP contribution in [0.1, 0.15) is 37.0 Å². The molecule has 8 heteroatoms. The van der Waals surface area contributed by atoms with Crippen molar-refractivity contribution in [3.8, 4) is 0 Å². The molecule has 1 heterocycles. The van der Waals surface area contributed by atoms with E-state index < -0.39 is 26.5 Å². The number of benzene rings is 1. The molecule has 1 saturated heterocycles. The van der Waals surface area contributed by atoms with Crippen LogP contribution in [0.4, 0.5) is 0 Å². The zero-order chi connectivity index (χ0) is 19.5. The first-order chi connectivity index (χ1) is 12.1. The molecule has 1 aromatic rings. The number of nitrogens with zero attached hydrogens (tertiary/aromatic N) is 1. The molecule has 0 saturated carbocycles. The Morgan fingerprint density at radius 2 is 1.88 bits per heavy atom. The summed E-state index contributed by atoms with van der Waals surface area (Å²) in [7, 11) is -1.96. The second-order valence-electron chi connectivity index (χ2n) is 6.97. The Morgan fingerprint density at radius 1 is 1.27 bits per heavy atom. The van der Waals surface area contributed by atoms with Gasteiger partial charge in [0.2, 0.25) is 0 Å². The second kappa shape index (κ2) is 7.75. The van der Waals surface area contributed by atoms with Gasteiger partial charge in [-0.2, -0.15) is 0 Å². The molecular weight excluding hydrogens is 358 g/mol. The number of carbonyl (C=O) groups is 2. The van der Waals surface area contributed by atoms with Crippen LogP contribution in [0.25, 0.3) is 0 Å². The predicted octanol–water partition coefficient (Wildman–Crippen LogP) is 1.82. The topological polar surface area (TPSA) is 101 Å². The minimum Gasteiger partial charge on any atom is -0.481 e. The number of likely N-dealkylation sites (tertiary alicyclic amines) is 1. The Hall–Kier alpha value is -1.93. The summed E-state index contributed by atoms with van der Waals surface area (Å²) >= 11 is 0. The first-order valence-electron chi connectivity index (χ1n) is 8.49. The molecule has 144 valence electrons. The van der Waals surface area contributed by atoms with Gasteiger partial charge >= 0.3 is 5.97 Å². The SMILES string of the molecule is COCC1(C(=O)O)CCCN(C(=O)c2ccc(S(=O)(=O)C(C)C)cc2)C1. The van der Waals surface area contributed by atoms with Gasteiger partial charge in [-0.15, -0.1) is 0 Å². The van der Waals surface area contributed by atoms with Crippen molar-refractivity contribution in [2.45, 2.75) is 36.8 Å². The van der Waals surface area contributed by atoms with Crippen molar-refractivity contribution in [1.82, 2.24) is 4.90 Å². The summed E-state index contributed by atoms with van der Waals surface area (Å²) in [6.45, 7) is 3.77. The number of carboxylic acids is 1. The molecule has 2 rings (SSSR count). The van der Waals surface area contributed by atoms with E-state index in [1.54, 1.807) is 13.8 Å². The Labute approximate surface area is 153 Å². The lowest BCUT2D eigenvalue weighted by atomic mass is 9.80. The fourth-order valence-corrected chi connectivity index (χ4v) is 4.24. The maximum atomic E-state index is 12.8. The quantitative estimate of drug-likeness (QED) is 0.804. The van der Waals surface area contributed by atoms with Gasteiger partial charge in [-0.05, 0) is 51.0 Å². The Balaban J connectivity index is 2.22. The summed E-state index contributed by atoms with van der Waals surface area (Å²) in [4.78, 5) is 26.1. The third kappa shape index (κ3) is 3.91. The summed E-state index contributed by atoms with van der Waals surface area (Å²) < 4.78 is 29.4. The second-order valence-corrected chi connectivity index (χ2v) is 9.47. The van der Waals surface area contributed by atoms with Crippen LogP contribution in [-0.2, 0) is 19.4 Å². The number of ether oxygens (including phenoxy) is 1. The maximum Gasteiger partial charge on any atom is 0.313 e. The number of carbonyl (C=O) groups excluding carboxylic acids is 1. The lowest BCUT2D eigenvalue weighted by Gasteiger charge is -2.39. The minimum absolute atomic E-state index is 0.0394. The molecule has 1 unspecified atom stereocenters. The molecule has 0 radical (unpaired) electrons. The standard InChI is InChI=1S/C18H25NO6S/c1-13(2)26(23,24)15-7-5-14(6-8-15)16(20)19-10-4-9-18(11-19,12-25-3)17(21)22/h5-8,13H,4,9-12H2,1-3H3,(H,21,22). The lowest BCUT2D eigenvalue weighted by Crippen LogP contribution is -2.52. The third-order valence-electron chi connectivity index (χ3n) is 4.79. The van der Waals surface area contributed by atoms with E-state index in [0.717, 1.165) is 0 Å². The van der Waals surface area contributed by atoms with Crippen molar-refractivity contribution in [2.75, 3.05) is 26.8 Å². The van der Waals surface area contributed by atoms with Crippen LogP contribution >= 0.6 is 0 Å². The smallest absolute Gasteiger partial charge is 0.313 e. The highest BCUT2D eigenvalue weighted by Gasteiger charge is 2.44. The van der Waals surface area contributed by atoms with Gasteiger partial charge in [-0.25, -0.2) is 8.42 Å². The van der Waals surface area contributed by atoms with Crippen molar-refractivity contribution in [3.63, 3.8) is 0 Å². The number of methoxy groups -OCH3 is 1. The Kier molecular flexibility index (Phi) is 6.08. The van der Waals surface area contributed by atoms with Gasteiger partial charge in [-0.3, -0.25) is 9.59 Å². The molecule has 7 nitrogen and oxygen atoms in total. The summed E-state index contributed by atoms with van der Waals surface area (Å²) in [5.41, 5.74) is -0.768. The number of hydrogen-bond donors (Lipinski definition) is 1. The van der Waals surface area contributed by atoms with Crippen LogP contribution in [0.3, 0.4) is 0 Å². The molecule has 26 heavy (non-hydrogen) atoms. The first-order valence-corrected chi connectivity index (χ1v) is 10.0. The highest BCUT2D eigenvalue weighted by atomic mass is 32.2. The number of piperidine rings is 1. The highest BCUT2D eigenvalue weighted by molar-refractivity contribution is 7.92. The van der Waals surface area contributed by atoms with Crippen molar-refractivity contribution in [3.05, 3.63) is 29.8 Å². The van der Waals surface area contributed by atoms with Crippen LogP contribution in [0.5, 0.6) is 0 Å². The number of rotatable bonds is 6. The maximum absolute atomic E-state index is 12.8. The molecule has 1 amide bonds. The van der Waals surface area contributed by atoms with Gasteiger partial charge < -0.3 is 14.7 Å². The molecule has 0 bridgehead atoms. The van der Waals surface area contributed by atoms with Crippen LogP contribution in [-0.4, -0.2) is 62.4 Å². The van der Waals surface area contributed by atoms with E-state index in [-0.39, 0.29) is 24.0 Å². The average Bonchev–Trinajstić information content (AvgIpc) is 2.61. The first kappa shape index (κ1) is 20.4. The molecule has 0 spiro atoms. The molecule has 0 aliphatic carbocycles. The van der Waals surface area contributed by atoms with Crippen LogP contribution in [0.2, 0.25) is 0 Å². The number of aliphatic carboxylic acids is 1. The summed E-state index contributed by atoms with van der Waals surface area (Å²) in [6, 6.07) is 5.80. The molecule has 0 aromatic heterocycles. The predicted molar refractivity (Wildman–Crippen MR) is 95.8 cm³/mol.